The maximum Gasteiger partial charge on any atom is 0.245 e. The molecule has 0 atom stereocenters. The van der Waals surface area contributed by atoms with Gasteiger partial charge < -0.3 is 10.6 Å². The van der Waals surface area contributed by atoms with Crippen LogP contribution in [0.3, 0.4) is 0 Å². The number of anilines is 4. The van der Waals surface area contributed by atoms with Crippen molar-refractivity contribution in [2.24, 2.45) is 5.73 Å². The van der Waals surface area contributed by atoms with Crippen LogP contribution in [0.1, 0.15) is 35.1 Å². The summed E-state index contributed by atoms with van der Waals surface area (Å²) in [6.45, 7) is 1.73. The summed E-state index contributed by atoms with van der Waals surface area (Å²) < 4.78 is 0. The normalized spacial score (nSPS) is 12.9. The number of benzene rings is 4. The molecule has 0 bridgehead atoms. The smallest absolute Gasteiger partial charge is 0.245 e. The Kier molecular flexibility index (Phi) is 9.96. The third-order valence-corrected chi connectivity index (χ3v) is 7.42. The van der Waals surface area contributed by atoms with Crippen molar-refractivity contribution in [2.45, 2.75) is 38.5 Å². The molecule has 204 valence electrons. The summed E-state index contributed by atoms with van der Waals surface area (Å²) in [5.41, 5.74) is 15.4. The zero-order valence-corrected chi connectivity index (χ0v) is 23.4. The zero-order valence-electron chi connectivity index (χ0n) is 22.6. The van der Waals surface area contributed by atoms with Gasteiger partial charge in [0.1, 0.15) is 6.42 Å². The summed E-state index contributed by atoms with van der Waals surface area (Å²) in [6, 6.07) is 35.3. The maximum absolute atomic E-state index is 12.4. The highest BCUT2D eigenvalue weighted by Crippen LogP contribution is 2.37. The van der Waals surface area contributed by atoms with Crippen molar-refractivity contribution in [2.75, 3.05) is 22.9 Å². The molecule has 0 fully saturated rings. The number of hydrogen-bond donors (Lipinski definition) is 1. The van der Waals surface area contributed by atoms with E-state index in [0.29, 0.717) is 0 Å². The largest absolute Gasteiger partial charge is 0.341 e. The van der Waals surface area contributed by atoms with Gasteiger partial charge in [-0.2, -0.15) is 5.26 Å². The molecule has 0 spiro atoms. The van der Waals surface area contributed by atoms with E-state index in [0.717, 1.165) is 67.7 Å². The lowest BCUT2D eigenvalue weighted by Crippen LogP contribution is -2.26. The van der Waals surface area contributed by atoms with Gasteiger partial charge in [-0.1, -0.05) is 72.8 Å². The van der Waals surface area contributed by atoms with Gasteiger partial charge in [-0.3, -0.25) is 9.69 Å². The fourth-order valence-corrected chi connectivity index (χ4v) is 5.56. The van der Waals surface area contributed by atoms with Gasteiger partial charge in [0.15, 0.2) is 0 Å². The van der Waals surface area contributed by atoms with Gasteiger partial charge >= 0.3 is 0 Å². The van der Waals surface area contributed by atoms with Crippen molar-refractivity contribution in [1.82, 2.24) is 0 Å². The van der Waals surface area contributed by atoms with E-state index in [1.807, 2.05) is 54.6 Å². The summed E-state index contributed by atoms with van der Waals surface area (Å²) in [5.74, 6) is -0.172. The number of para-hydroxylation sites is 4. The fraction of sp³-hybridized carbons (Fsp3) is 0.235. The second-order valence-corrected chi connectivity index (χ2v) is 9.87. The summed E-state index contributed by atoms with van der Waals surface area (Å²) in [5, 5.41) is 8.84. The molecule has 1 amide bonds. The molecule has 0 aromatic heterocycles. The van der Waals surface area contributed by atoms with E-state index in [4.69, 9.17) is 11.0 Å². The number of fused-ring (bicyclic) bond motifs is 4. The number of nitriles is 1. The summed E-state index contributed by atoms with van der Waals surface area (Å²) in [4.78, 5) is 16.5. The van der Waals surface area contributed by atoms with Gasteiger partial charge in [-0.05, 0) is 85.2 Å². The van der Waals surface area contributed by atoms with Crippen LogP contribution in [0.4, 0.5) is 22.7 Å². The molecule has 4 aromatic rings. The summed E-state index contributed by atoms with van der Waals surface area (Å²) >= 11 is 0. The first-order chi connectivity index (χ1) is 19.2. The topological polar surface area (TPSA) is 73.4 Å². The van der Waals surface area contributed by atoms with Crippen LogP contribution in [0.5, 0.6) is 0 Å². The van der Waals surface area contributed by atoms with E-state index in [9.17, 15) is 4.79 Å². The first kappa shape index (κ1) is 28.9. The Bertz CT molecular complexity index is 1400. The first-order valence-electron chi connectivity index (χ1n) is 13.7. The monoisotopic (exact) mass is 550 g/mol. The molecule has 40 heavy (non-hydrogen) atoms. The van der Waals surface area contributed by atoms with Crippen molar-refractivity contribution in [3.8, 4) is 6.07 Å². The van der Waals surface area contributed by atoms with Crippen LogP contribution >= 0.6 is 12.4 Å². The van der Waals surface area contributed by atoms with Crippen LogP contribution < -0.4 is 15.5 Å². The van der Waals surface area contributed by atoms with Crippen molar-refractivity contribution in [1.29, 1.82) is 5.26 Å². The Morgan fingerprint density at radius 3 is 1.45 bits per heavy atom. The SMILES string of the molecule is Cl.N#CCC(=O)N1c2ccccc2CCc2ccccc21.NCCCN1c2ccccc2CCc2ccccc21. The van der Waals surface area contributed by atoms with Crippen LogP contribution in [0.2, 0.25) is 0 Å². The molecule has 2 aliphatic rings. The molecule has 2 heterocycles. The number of amides is 1. The van der Waals surface area contributed by atoms with Gasteiger partial charge in [0.05, 0.1) is 17.4 Å². The second kappa shape index (κ2) is 13.8. The first-order valence-corrected chi connectivity index (χ1v) is 13.7. The Morgan fingerprint density at radius 2 is 1.05 bits per heavy atom. The number of aryl methyl sites for hydroxylation is 4. The third kappa shape index (κ3) is 6.20. The van der Waals surface area contributed by atoms with E-state index >= 15 is 0 Å². The lowest BCUT2D eigenvalue weighted by molar-refractivity contribution is -0.117. The van der Waals surface area contributed by atoms with Gasteiger partial charge in [0.25, 0.3) is 0 Å². The maximum atomic E-state index is 12.4. The fourth-order valence-electron chi connectivity index (χ4n) is 5.56. The van der Waals surface area contributed by atoms with Crippen molar-refractivity contribution < 1.29 is 4.79 Å². The standard InChI is InChI=1S/C17H14N2O.C17H20N2.ClH/c18-12-11-17(20)19-15-7-3-1-5-13(15)9-10-14-6-2-4-8-16(14)19;18-12-5-13-19-16-8-3-1-6-14(16)10-11-15-7-2-4-9-17(15)19;/h1-8H,9-11H2;1-4,6-9H,5,10-13,18H2;1H. The van der Waals surface area contributed by atoms with E-state index in [1.165, 1.54) is 22.5 Å². The predicted octanol–water partition coefficient (Wildman–Crippen LogP) is 7.06. The molecule has 0 unspecified atom stereocenters. The molecule has 6 rings (SSSR count). The van der Waals surface area contributed by atoms with E-state index in [-0.39, 0.29) is 24.7 Å². The lowest BCUT2D eigenvalue weighted by Gasteiger charge is -2.26. The van der Waals surface area contributed by atoms with Crippen LogP contribution in [-0.2, 0) is 30.5 Å². The van der Waals surface area contributed by atoms with Gasteiger partial charge in [-0.15, -0.1) is 12.4 Å². The van der Waals surface area contributed by atoms with E-state index in [2.05, 4.69) is 53.4 Å². The highest BCUT2D eigenvalue weighted by molar-refractivity contribution is 6.03. The molecule has 0 aliphatic carbocycles. The molecule has 0 saturated heterocycles. The second-order valence-electron chi connectivity index (χ2n) is 9.87. The van der Waals surface area contributed by atoms with Gasteiger partial charge in [0, 0.05) is 17.9 Å². The minimum absolute atomic E-state index is 0. The quantitative estimate of drug-likeness (QED) is 0.295. The zero-order chi connectivity index (χ0) is 27.0. The Balaban J connectivity index is 0.000000181. The summed E-state index contributed by atoms with van der Waals surface area (Å²) in [6.07, 6.45) is 4.96. The highest BCUT2D eigenvalue weighted by Gasteiger charge is 2.25. The number of nitrogens with two attached hydrogens (primary N) is 1. The molecule has 0 radical (unpaired) electrons. The highest BCUT2D eigenvalue weighted by atomic mass is 35.5. The van der Waals surface area contributed by atoms with Crippen LogP contribution in [0.25, 0.3) is 0 Å². The number of carbonyl (C=O) groups is 1. The Hall–Kier alpha value is -4.11. The van der Waals surface area contributed by atoms with Crippen molar-refractivity contribution in [3.63, 3.8) is 0 Å². The van der Waals surface area contributed by atoms with E-state index in [1.54, 1.807) is 4.90 Å². The van der Waals surface area contributed by atoms with Crippen LogP contribution in [0.15, 0.2) is 97.1 Å². The van der Waals surface area contributed by atoms with Crippen LogP contribution in [0, 0.1) is 11.3 Å². The molecule has 4 aromatic carbocycles. The number of rotatable bonds is 4. The molecule has 5 nitrogen and oxygen atoms in total. The average Bonchev–Trinajstić information content (AvgIpc) is 3.25. The Morgan fingerprint density at radius 1 is 0.675 bits per heavy atom. The predicted molar refractivity (Wildman–Crippen MR) is 166 cm³/mol. The third-order valence-electron chi connectivity index (χ3n) is 7.42. The number of hydrogen-bond acceptors (Lipinski definition) is 4. The van der Waals surface area contributed by atoms with E-state index < -0.39 is 0 Å². The Labute approximate surface area is 243 Å². The van der Waals surface area contributed by atoms with Gasteiger partial charge in [-0.25, -0.2) is 0 Å². The molecule has 2 aliphatic heterocycles. The minimum atomic E-state index is -0.172. The average molecular weight is 551 g/mol. The molecule has 0 saturated carbocycles. The molecule has 6 heteroatoms. The molecule has 2 N–H and O–H groups in total. The molecular formula is C34H35ClN4O. The number of carbonyl (C=O) groups excluding carboxylic acids is 1. The minimum Gasteiger partial charge on any atom is -0.341 e. The van der Waals surface area contributed by atoms with Gasteiger partial charge in [0.2, 0.25) is 5.91 Å². The van der Waals surface area contributed by atoms with Crippen molar-refractivity contribution >= 4 is 41.1 Å². The molecular weight excluding hydrogens is 516 g/mol. The number of halogens is 1. The van der Waals surface area contributed by atoms with Crippen molar-refractivity contribution in [3.05, 3.63) is 119 Å². The number of nitrogens with zero attached hydrogens (tertiary/aromatic N) is 3. The van der Waals surface area contributed by atoms with Crippen LogP contribution in [-0.4, -0.2) is 19.0 Å². The lowest BCUT2D eigenvalue weighted by atomic mass is 10.0. The summed E-state index contributed by atoms with van der Waals surface area (Å²) in [7, 11) is 0.